The average molecular weight is 114 g/mol. The lowest BCUT2D eigenvalue weighted by Gasteiger charge is -1.90. The van der Waals surface area contributed by atoms with Gasteiger partial charge in [0.1, 0.15) is 5.78 Å². The predicted octanol–water partition coefficient (Wildman–Crippen LogP) is 1.03. The average Bonchev–Trinajstić information content (AvgIpc) is 1.83. The zero-order chi connectivity index (χ0) is 6.41. The number of rotatable bonds is 4. The first kappa shape index (κ1) is 7.63. The van der Waals surface area contributed by atoms with Crippen LogP contribution >= 0.6 is 0 Å². The molecule has 0 aromatic rings. The largest absolute Gasteiger partial charge is 0.298 e. The van der Waals surface area contributed by atoms with Crippen LogP contribution in [0, 0.1) is 0 Å². The van der Waals surface area contributed by atoms with E-state index in [1.165, 1.54) is 0 Å². The topological polar surface area (TPSA) is 40.9 Å². The van der Waals surface area contributed by atoms with Gasteiger partial charge in [-0.15, -0.1) is 0 Å². The van der Waals surface area contributed by atoms with Crippen LogP contribution in [0.25, 0.3) is 0 Å². The van der Waals surface area contributed by atoms with Crippen molar-refractivity contribution < 1.29 is 4.79 Å². The molecule has 0 amide bonds. The number of Topliss-reactive ketones (excluding diaryl/α,β-unsaturated/α-hetero) is 1. The fourth-order valence-corrected chi connectivity index (χ4v) is 0.462. The van der Waals surface area contributed by atoms with E-state index in [9.17, 15) is 4.79 Å². The highest BCUT2D eigenvalue weighted by Crippen LogP contribution is 1.92. The van der Waals surface area contributed by atoms with E-state index in [-0.39, 0.29) is 12.3 Å². The molecular weight excluding hydrogens is 102 g/mol. The van der Waals surface area contributed by atoms with Crippen molar-refractivity contribution in [1.82, 2.24) is 5.73 Å². The molecule has 0 unspecified atom stereocenters. The summed E-state index contributed by atoms with van der Waals surface area (Å²) in [4.78, 5) is 10.4. The van der Waals surface area contributed by atoms with Gasteiger partial charge in [-0.2, -0.15) is 0 Å². The smallest absolute Gasteiger partial charge is 0.148 e. The van der Waals surface area contributed by atoms with Crippen molar-refractivity contribution in [3.05, 3.63) is 0 Å². The molecule has 0 aromatic carbocycles. The maximum absolute atomic E-state index is 10.4. The number of carbonyl (C=O) groups excluding carboxylic acids is 1. The summed E-state index contributed by atoms with van der Waals surface area (Å²) in [5.74, 6) is 0.0619. The monoisotopic (exact) mass is 114 g/mol. The van der Waals surface area contributed by atoms with Crippen LogP contribution in [0.3, 0.4) is 0 Å². The second-order valence-corrected chi connectivity index (χ2v) is 1.82. The van der Waals surface area contributed by atoms with Gasteiger partial charge in [-0.3, -0.25) is 10.5 Å². The molecule has 0 aliphatic rings. The lowest BCUT2D eigenvalue weighted by molar-refractivity contribution is -0.117. The van der Waals surface area contributed by atoms with Gasteiger partial charge in [0.05, 0.1) is 6.54 Å². The number of unbranched alkanes of at least 4 members (excludes halogenated alkanes) is 1. The molecule has 0 rings (SSSR count). The summed E-state index contributed by atoms with van der Waals surface area (Å²) in [5, 5.41) is 0. The number of carbonyl (C=O) groups is 1. The van der Waals surface area contributed by atoms with E-state index in [2.05, 4.69) is 0 Å². The highest BCUT2D eigenvalue weighted by molar-refractivity contribution is 5.79. The Kier molecular flexibility index (Phi) is 4.56. The van der Waals surface area contributed by atoms with Crippen molar-refractivity contribution >= 4 is 5.78 Å². The van der Waals surface area contributed by atoms with Crippen molar-refractivity contribution in [1.29, 1.82) is 0 Å². The molecule has 2 heteroatoms. The molecule has 0 spiro atoms. The highest BCUT2D eigenvalue weighted by Gasteiger charge is 1.94. The molecule has 1 radical (unpaired) electrons. The number of hydrogen-bond donors (Lipinski definition) is 0. The lowest BCUT2D eigenvalue weighted by atomic mass is 10.2. The molecule has 2 nitrogen and oxygen atoms in total. The summed E-state index contributed by atoms with van der Waals surface area (Å²) in [6.45, 7) is 2.00. The van der Waals surface area contributed by atoms with E-state index >= 15 is 0 Å². The zero-order valence-corrected chi connectivity index (χ0v) is 5.24. The Balaban J connectivity index is 2.99. The maximum Gasteiger partial charge on any atom is 0.148 e. The van der Waals surface area contributed by atoms with Crippen LogP contribution in [-0.4, -0.2) is 12.3 Å². The quantitative estimate of drug-likeness (QED) is 0.538. The van der Waals surface area contributed by atoms with E-state index in [0.717, 1.165) is 12.8 Å². The van der Waals surface area contributed by atoms with Gasteiger partial charge in [0.25, 0.3) is 0 Å². The second-order valence-electron chi connectivity index (χ2n) is 1.82. The molecule has 0 saturated carbocycles. The Bertz CT molecular complexity index is 70.9. The minimum atomic E-state index is -0.0417. The van der Waals surface area contributed by atoms with Gasteiger partial charge >= 0.3 is 0 Å². The molecule has 0 aliphatic heterocycles. The summed E-state index contributed by atoms with van der Waals surface area (Å²) in [7, 11) is 0. The van der Waals surface area contributed by atoms with Crippen LogP contribution in [-0.2, 0) is 4.79 Å². The van der Waals surface area contributed by atoms with Crippen LogP contribution in [0.4, 0.5) is 0 Å². The predicted molar refractivity (Wildman–Crippen MR) is 32.5 cm³/mol. The summed E-state index contributed by atoms with van der Waals surface area (Å²) in [6.07, 6.45) is 2.59. The lowest BCUT2D eigenvalue weighted by Crippen LogP contribution is -2.03. The van der Waals surface area contributed by atoms with Crippen molar-refractivity contribution in [2.45, 2.75) is 26.2 Å². The number of ketones is 1. The minimum Gasteiger partial charge on any atom is -0.298 e. The molecule has 0 aliphatic carbocycles. The van der Waals surface area contributed by atoms with Crippen LogP contribution in [0.5, 0.6) is 0 Å². The van der Waals surface area contributed by atoms with Crippen LogP contribution in [0.2, 0.25) is 0 Å². The molecule has 0 saturated heterocycles. The van der Waals surface area contributed by atoms with Gasteiger partial charge in [0, 0.05) is 6.42 Å². The molecule has 0 bridgehead atoms. The molecule has 0 aromatic heterocycles. The van der Waals surface area contributed by atoms with Gasteiger partial charge < -0.3 is 0 Å². The van der Waals surface area contributed by atoms with Gasteiger partial charge in [-0.05, 0) is 6.42 Å². The Labute approximate surface area is 50.1 Å². The second kappa shape index (κ2) is 4.78. The normalized spacial score (nSPS) is 9.25. The zero-order valence-electron chi connectivity index (χ0n) is 5.24. The number of hydrogen-bond acceptors (Lipinski definition) is 1. The number of nitrogens with one attached hydrogen (secondary N) is 1. The Morgan fingerprint density at radius 2 is 2.25 bits per heavy atom. The van der Waals surface area contributed by atoms with Crippen molar-refractivity contribution in [2.75, 3.05) is 6.54 Å². The molecule has 0 atom stereocenters. The molecule has 8 heavy (non-hydrogen) atoms. The summed E-state index contributed by atoms with van der Waals surface area (Å²) < 4.78 is 0. The van der Waals surface area contributed by atoms with Crippen molar-refractivity contribution in [2.24, 2.45) is 0 Å². The fraction of sp³-hybridized carbons (Fsp3) is 0.833. The van der Waals surface area contributed by atoms with Crippen LogP contribution < -0.4 is 5.73 Å². The SMILES string of the molecule is CCCCC(=O)C[NH]. The van der Waals surface area contributed by atoms with Gasteiger partial charge in [-0.25, -0.2) is 0 Å². The van der Waals surface area contributed by atoms with E-state index in [4.69, 9.17) is 5.73 Å². The summed E-state index contributed by atoms with van der Waals surface area (Å²) in [6, 6.07) is 0. The first-order chi connectivity index (χ1) is 3.81. The highest BCUT2D eigenvalue weighted by atomic mass is 16.1. The van der Waals surface area contributed by atoms with E-state index in [1.807, 2.05) is 6.92 Å². The summed E-state index contributed by atoms with van der Waals surface area (Å²) in [5.41, 5.74) is 6.64. The maximum atomic E-state index is 10.4. The van der Waals surface area contributed by atoms with Gasteiger partial charge in [-0.1, -0.05) is 13.3 Å². The molecule has 0 heterocycles. The molecular formula is C6H12NO. The fourth-order valence-electron chi connectivity index (χ4n) is 0.462. The first-order valence-corrected chi connectivity index (χ1v) is 2.97. The first-order valence-electron chi connectivity index (χ1n) is 2.97. The minimum absolute atomic E-state index is 0.0417. The van der Waals surface area contributed by atoms with Crippen molar-refractivity contribution in [3.63, 3.8) is 0 Å². The molecule has 47 valence electrons. The van der Waals surface area contributed by atoms with Gasteiger partial charge in [0.2, 0.25) is 0 Å². The third-order valence-corrected chi connectivity index (χ3v) is 1.01. The summed E-state index contributed by atoms with van der Waals surface area (Å²) >= 11 is 0. The molecule has 1 N–H and O–H groups in total. The molecule has 0 fully saturated rings. The van der Waals surface area contributed by atoms with Crippen LogP contribution in [0.1, 0.15) is 26.2 Å². The van der Waals surface area contributed by atoms with E-state index in [1.54, 1.807) is 0 Å². The Morgan fingerprint density at radius 1 is 1.62 bits per heavy atom. The Morgan fingerprint density at radius 3 is 2.62 bits per heavy atom. The third kappa shape index (κ3) is 3.81. The van der Waals surface area contributed by atoms with Crippen molar-refractivity contribution in [3.8, 4) is 0 Å². The van der Waals surface area contributed by atoms with Gasteiger partial charge in [0.15, 0.2) is 0 Å². The Hall–Kier alpha value is -0.370. The third-order valence-electron chi connectivity index (χ3n) is 1.01. The standard InChI is InChI=1S/C6H12NO/c1-2-3-4-6(8)5-7/h7H,2-5H2,1H3. The van der Waals surface area contributed by atoms with Crippen LogP contribution in [0.15, 0.2) is 0 Å². The van der Waals surface area contributed by atoms with E-state index in [0.29, 0.717) is 6.42 Å². The van der Waals surface area contributed by atoms with E-state index < -0.39 is 0 Å².